The molecule has 0 saturated heterocycles. The van der Waals surface area contributed by atoms with Gasteiger partial charge in [-0.15, -0.1) is 0 Å². The van der Waals surface area contributed by atoms with Crippen LogP contribution in [0, 0.1) is 9.39 Å². The third-order valence-electron chi connectivity index (χ3n) is 1.69. The number of rotatable bonds is 1. The Morgan fingerprint density at radius 3 is 2.50 bits per heavy atom. The number of hydrogen-bond donors (Lipinski definition) is 1. The van der Waals surface area contributed by atoms with Gasteiger partial charge in [-0.1, -0.05) is 0 Å². The van der Waals surface area contributed by atoms with Crippen molar-refractivity contribution in [3.05, 3.63) is 27.1 Å². The van der Waals surface area contributed by atoms with E-state index >= 15 is 0 Å². The molecule has 0 fully saturated rings. The number of esters is 1. The Morgan fingerprint density at radius 2 is 2.00 bits per heavy atom. The summed E-state index contributed by atoms with van der Waals surface area (Å²) in [7, 11) is 0. The van der Waals surface area contributed by atoms with Gasteiger partial charge in [0.2, 0.25) is 0 Å². The molecular weight excluding hydrogens is 326 g/mol. The summed E-state index contributed by atoms with van der Waals surface area (Å²) in [5, 5.41) is 9.60. The number of ether oxygens (including phenoxy) is 1. The third-order valence-corrected chi connectivity index (χ3v) is 2.71. The van der Waals surface area contributed by atoms with Gasteiger partial charge in [0.1, 0.15) is 22.7 Å². The predicted octanol–water partition coefficient (Wildman–Crippen LogP) is 3.09. The molecule has 1 N–H and O–H groups in total. The first-order chi connectivity index (χ1) is 7.22. The average molecular weight is 338 g/mol. The molecule has 0 aromatic heterocycles. The van der Waals surface area contributed by atoms with Crippen molar-refractivity contribution < 1.29 is 19.0 Å². The molecule has 0 amide bonds. The Labute approximate surface area is 107 Å². The molecule has 0 radical (unpaired) electrons. The fraction of sp³-hybridized carbons (Fsp3) is 0.364. The maximum Gasteiger partial charge on any atom is 0.342 e. The van der Waals surface area contributed by atoms with Crippen LogP contribution in [0.15, 0.2) is 12.1 Å². The molecule has 1 rings (SSSR count). The van der Waals surface area contributed by atoms with Crippen molar-refractivity contribution >= 4 is 28.6 Å². The SMILES string of the molecule is CC(C)(C)OC(=O)c1ccc(F)c(I)c1O. The molecule has 0 atom stereocenters. The summed E-state index contributed by atoms with van der Waals surface area (Å²) in [5.74, 6) is -1.61. The van der Waals surface area contributed by atoms with E-state index in [9.17, 15) is 14.3 Å². The molecule has 16 heavy (non-hydrogen) atoms. The lowest BCUT2D eigenvalue weighted by Crippen LogP contribution is -2.24. The molecule has 88 valence electrons. The summed E-state index contributed by atoms with van der Waals surface area (Å²) in [6.45, 7) is 5.16. The number of hydrogen-bond acceptors (Lipinski definition) is 3. The van der Waals surface area contributed by atoms with Crippen LogP contribution < -0.4 is 0 Å². The maximum atomic E-state index is 13.0. The van der Waals surface area contributed by atoms with Crippen molar-refractivity contribution in [1.82, 2.24) is 0 Å². The molecule has 0 heterocycles. The lowest BCUT2D eigenvalue weighted by Gasteiger charge is -2.19. The van der Waals surface area contributed by atoms with Crippen LogP contribution in [-0.2, 0) is 4.74 Å². The number of phenolic OH excluding ortho intramolecular Hbond substituents is 1. The van der Waals surface area contributed by atoms with Crippen LogP contribution in [-0.4, -0.2) is 16.7 Å². The van der Waals surface area contributed by atoms with Gasteiger partial charge < -0.3 is 9.84 Å². The van der Waals surface area contributed by atoms with Gasteiger partial charge in [0.05, 0.1) is 3.57 Å². The smallest absolute Gasteiger partial charge is 0.342 e. The van der Waals surface area contributed by atoms with Crippen molar-refractivity contribution in [3.8, 4) is 5.75 Å². The van der Waals surface area contributed by atoms with E-state index in [1.165, 1.54) is 6.07 Å². The van der Waals surface area contributed by atoms with Crippen molar-refractivity contribution in [3.63, 3.8) is 0 Å². The van der Waals surface area contributed by atoms with Crippen molar-refractivity contribution in [2.45, 2.75) is 26.4 Å². The van der Waals surface area contributed by atoms with E-state index in [0.717, 1.165) is 6.07 Å². The maximum absolute atomic E-state index is 13.0. The third kappa shape index (κ3) is 3.07. The molecule has 0 aliphatic heterocycles. The first-order valence-corrected chi connectivity index (χ1v) is 5.70. The Hall–Kier alpha value is -0.850. The van der Waals surface area contributed by atoms with Crippen LogP contribution in [0.25, 0.3) is 0 Å². The molecule has 3 nitrogen and oxygen atoms in total. The van der Waals surface area contributed by atoms with E-state index in [4.69, 9.17) is 4.74 Å². The highest BCUT2D eigenvalue weighted by molar-refractivity contribution is 14.1. The molecule has 5 heteroatoms. The second-order valence-electron chi connectivity index (χ2n) is 4.26. The van der Waals surface area contributed by atoms with Crippen LogP contribution in [0.2, 0.25) is 0 Å². The lowest BCUT2D eigenvalue weighted by molar-refractivity contribution is 0.00666. The van der Waals surface area contributed by atoms with Crippen molar-refractivity contribution in [1.29, 1.82) is 0 Å². The zero-order valence-corrected chi connectivity index (χ0v) is 11.3. The van der Waals surface area contributed by atoms with E-state index < -0.39 is 17.4 Å². The summed E-state index contributed by atoms with van der Waals surface area (Å²) >= 11 is 1.63. The average Bonchev–Trinajstić information content (AvgIpc) is 2.11. The zero-order chi connectivity index (χ0) is 12.5. The van der Waals surface area contributed by atoms with Crippen molar-refractivity contribution in [2.24, 2.45) is 0 Å². The molecular formula is C11H12FIO3. The van der Waals surface area contributed by atoms with Gasteiger partial charge in [-0.25, -0.2) is 9.18 Å². The van der Waals surface area contributed by atoms with Gasteiger partial charge >= 0.3 is 5.97 Å². The number of aromatic hydroxyl groups is 1. The quantitative estimate of drug-likeness (QED) is 0.632. The minimum atomic E-state index is -0.664. The standard InChI is InChI=1S/C11H12FIO3/c1-11(2,3)16-10(15)6-4-5-7(12)8(13)9(6)14/h4-5,14H,1-3H3. The fourth-order valence-corrected chi connectivity index (χ4v) is 1.51. The van der Waals surface area contributed by atoms with Crippen molar-refractivity contribution in [2.75, 3.05) is 0 Å². The van der Waals surface area contributed by atoms with E-state index in [-0.39, 0.29) is 14.9 Å². The molecule has 0 bridgehead atoms. The Kier molecular flexibility index (Phi) is 3.77. The Balaban J connectivity index is 3.06. The molecule has 0 spiro atoms. The highest BCUT2D eigenvalue weighted by Gasteiger charge is 2.22. The summed E-state index contributed by atoms with van der Waals surface area (Å²) in [6.07, 6.45) is 0. The first kappa shape index (κ1) is 13.2. The summed E-state index contributed by atoms with van der Waals surface area (Å²) in [6, 6.07) is 2.33. The molecule has 0 unspecified atom stereocenters. The Bertz CT molecular complexity index is 424. The van der Waals surface area contributed by atoms with E-state index in [2.05, 4.69) is 0 Å². The van der Waals surface area contributed by atoms with E-state index in [0.29, 0.717) is 0 Å². The Morgan fingerprint density at radius 1 is 1.44 bits per heavy atom. The molecule has 1 aromatic carbocycles. The van der Waals surface area contributed by atoms with Gasteiger partial charge in [0.25, 0.3) is 0 Å². The van der Waals surface area contributed by atoms with Crippen LogP contribution in [0.3, 0.4) is 0 Å². The number of phenols is 1. The van der Waals surface area contributed by atoms with Gasteiger partial charge in [0.15, 0.2) is 0 Å². The molecule has 0 aliphatic carbocycles. The monoisotopic (exact) mass is 338 g/mol. The number of halogens is 2. The number of carbonyl (C=O) groups is 1. The first-order valence-electron chi connectivity index (χ1n) is 4.62. The molecule has 1 aromatic rings. The number of carbonyl (C=O) groups excluding carboxylic acids is 1. The minimum Gasteiger partial charge on any atom is -0.506 e. The van der Waals surface area contributed by atoms with E-state index in [1.54, 1.807) is 43.4 Å². The number of benzene rings is 1. The van der Waals surface area contributed by atoms with Crippen LogP contribution >= 0.6 is 22.6 Å². The fourth-order valence-electron chi connectivity index (χ4n) is 1.04. The largest absolute Gasteiger partial charge is 0.506 e. The van der Waals surface area contributed by atoms with Crippen LogP contribution in [0.1, 0.15) is 31.1 Å². The summed E-state index contributed by atoms with van der Waals surface area (Å²) in [5.41, 5.74) is -0.677. The van der Waals surface area contributed by atoms with Gasteiger partial charge in [-0.2, -0.15) is 0 Å². The normalized spacial score (nSPS) is 11.3. The molecule has 0 saturated carbocycles. The summed E-state index contributed by atoms with van der Waals surface area (Å²) < 4.78 is 18.1. The predicted molar refractivity (Wildman–Crippen MR) is 66.0 cm³/mol. The highest BCUT2D eigenvalue weighted by atomic mass is 127. The second-order valence-corrected chi connectivity index (χ2v) is 5.34. The van der Waals surface area contributed by atoms with Crippen LogP contribution in [0.5, 0.6) is 5.75 Å². The topological polar surface area (TPSA) is 46.5 Å². The van der Waals surface area contributed by atoms with Gasteiger partial charge in [-0.3, -0.25) is 0 Å². The van der Waals surface area contributed by atoms with E-state index in [1.807, 2.05) is 0 Å². The van der Waals surface area contributed by atoms with Gasteiger partial charge in [0, 0.05) is 0 Å². The van der Waals surface area contributed by atoms with Crippen LogP contribution in [0.4, 0.5) is 4.39 Å². The lowest BCUT2D eigenvalue weighted by atomic mass is 10.1. The van der Waals surface area contributed by atoms with Gasteiger partial charge in [-0.05, 0) is 55.5 Å². The summed E-state index contributed by atoms with van der Waals surface area (Å²) in [4.78, 5) is 11.6. The second kappa shape index (κ2) is 4.57. The molecule has 0 aliphatic rings. The zero-order valence-electron chi connectivity index (χ0n) is 9.17. The highest BCUT2D eigenvalue weighted by Crippen LogP contribution is 2.28. The minimum absolute atomic E-state index is 0.0148.